The van der Waals surface area contributed by atoms with E-state index in [0.717, 1.165) is 19.5 Å². The van der Waals surface area contributed by atoms with E-state index in [0.29, 0.717) is 22.2 Å². The second-order valence-corrected chi connectivity index (χ2v) is 9.19. The van der Waals surface area contributed by atoms with Gasteiger partial charge in [0.25, 0.3) is 10.0 Å². The summed E-state index contributed by atoms with van der Waals surface area (Å²) >= 11 is 0. The summed E-state index contributed by atoms with van der Waals surface area (Å²) in [6.07, 6.45) is 1.03. The van der Waals surface area contributed by atoms with E-state index in [1.807, 2.05) is 9.62 Å². The van der Waals surface area contributed by atoms with Gasteiger partial charge in [-0.05, 0) is 24.6 Å². The normalized spacial score (nSPS) is 13.9. The van der Waals surface area contributed by atoms with Gasteiger partial charge in [-0.3, -0.25) is 4.79 Å². The Bertz CT molecular complexity index is 1470. The van der Waals surface area contributed by atoms with E-state index in [4.69, 9.17) is 9.15 Å². The molecule has 0 unspecified atom stereocenters. The molecule has 3 aromatic carbocycles. The first-order valence-corrected chi connectivity index (χ1v) is 11.5. The largest absolute Gasteiger partial charge is 0.496 e. The van der Waals surface area contributed by atoms with Gasteiger partial charge in [-0.2, -0.15) is 0 Å². The van der Waals surface area contributed by atoms with Gasteiger partial charge in [-0.1, -0.05) is 24.3 Å². The highest BCUT2D eigenvalue weighted by atomic mass is 32.2. The molecule has 7 nitrogen and oxygen atoms in total. The van der Waals surface area contributed by atoms with Crippen LogP contribution in [0.25, 0.3) is 21.7 Å². The summed E-state index contributed by atoms with van der Waals surface area (Å²) in [5.41, 5.74) is 0.851. The third-order valence-corrected chi connectivity index (χ3v) is 6.98. The first-order chi connectivity index (χ1) is 15.4. The van der Waals surface area contributed by atoms with E-state index >= 15 is 0 Å². The van der Waals surface area contributed by atoms with Crippen LogP contribution >= 0.6 is 0 Å². The Hall–Kier alpha value is -3.59. The van der Waals surface area contributed by atoms with Crippen LogP contribution in [-0.2, 0) is 10.0 Å². The van der Waals surface area contributed by atoms with Crippen molar-refractivity contribution in [1.82, 2.24) is 4.72 Å². The SMILES string of the molecule is COc1cccc2c(S(=O)(=O)NC(=O)c3cc4c(F)cc(N5CCC5)cc4o3)cccc12. The maximum Gasteiger partial charge on any atom is 0.300 e. The van der Waals surface area contributed by atoms with Crippen molar-refractivity contribution in [2.75, 3.05) is 25.1 Å². The highest BCUT2D eigenvalue weighted by Gasteiger charge is 2.25. The van der Waals surface area contributed by atoms with Crippen LogP contribution in [0.15, 0.2) is 63.9 Å². The molecule has 9 heteroatoms. The van der Waals surface area contributed by atoms with Crippen LogP contribution in [0, 0.1) is 5.82 Å². The Kier molecular flexibility index (Phi) is 4.78. The molecular formula is C23H19FN2O5S. The van der Waals surface area contributed by atoms with Crippen molar-refractivity contribution in [2.24, 2.45) is 0 Å². The molecule has 32 heavy (non-hydrogen) atoms. The fourth-order valence-corrected chi connectivity index (χ4v) is 5.02. The summed E-state index contributed by atoms with van der Waals surface area (Å²) in [6, 6.07) is 14.0. The fourth-order valence-electron chi connectivity index (χ4n) is 3.84. The zero-order valence-corrected chi connectivity index (χ0v) is 17.9. The average molecular weight is 454 g/mol. The number of hydrogen-bond donors (Lipinski definition) is 1. The monoisotopic (exact) mass is 454 g/mol. The van der Waals surface area contributed by atoms with Gasteiger partial charge in [0, 0.05) is 41.7 Å². The van der Waals surface area contributed by atoms with Gasteiger partial charge in [0.2, 0.25) is 0 Å². The first kappa shape index (κ1) is 20.3. The number of halogens is 1. The van der Waals surface area contributed by atoms with Crippen LogP contribution in [0.4, 0.5) is 10.1 Å². The van der Waals surface area contributed by atoms with Crippen molar-refractivity contribution in [3.05, 3.63) is 66.2 Å². The second-order valence-electron chi connectivity index (χ2n) is 7.54. The second kappa shape index (κ2) is 7.52. The number of hydrogen-bond acceptors (Lipinski definition) is 6. The Morgan fingerprint density at radius 1 is 1.06 bits per heavy atom. The summed E-state index contributed by atoms with van der Waals surface area (Å²) in [5.74, 6) is -1.29. The molecule has 1 fully saturated rings. The van der Waals surface area contributed by atoms with Crippen molar-refractivity contribution in [2.45, 2.75) is 11.3 Å². The third-order valence-electron chi connectivity index (χ3n) is 5.60. The van der Waals surface area contributed by atoms with Gasteiger partial charge in [0.05, 0.1) is 17.4 Å². The molecule has 1 aliphatic heterocycles. The number of fused-ring (bicyclic) bond motifs is 2. The van der Waals surface area contributed by atoms with Crippen LogP contribution in [-0.4, -0.2) is 34.5 Å². The Morgan fingerprint density at radius 3 is 2.53 bits per heavy atom. The number of nitrogens with zero attached hydrogens (tertiary/aromatic N) is 1. The smallest absolute Gasteiger partial charge is 0.300 e. The van der Waals surface area contributed by atoms with Crippen LogP contribution < -0.4 is 14.4 Å². The molecule has 5 rings (SSSR count). The van der Waals surface area contributed by atoms with Crippen LogP contribution in [0.3, 0.4) is 0 Å². The summed E-state index contributed by atoms with van der Waals surface area (Å²) in [7, 11) is -2.75. The predicted octanol–water partition coefficient (Wildman–Crippen LogP) is 4.06. The van der Waals surface area contributed by atoms with Gasteiger partial charge < -0.3 is 14.1 Å². The zero-order chi connectivity index (χ0) is 22.5. The number of carbonyl (C=O) groups is 1. The molecule has 1 saturated heterocycles. The lowest BCUT2D eigenvalue weighted by atomic mass is 10.1. The molecule has 1 aromatic heterocycles. The lowest BCUT2D eigenvalue weighted by molar-refractivity contribution is 0.0956. The lowest BCUT2D eigenvalue weighted by Gasteiger charge is -2.33. The molecule has 2 heterocycles. The van der Waals surface area contributed by atoms with Crippen LogP contribution in [0.2, 0.25) is 0 Å². The van der Waals surface area contributed by atoms with Gasteiger partial charge in [-0.15, -0.1) is 0 Å². The summed E-state index contributed by atoms with van der Waals surface area (Å²) in [5, 5.41) is 1.11. The van der Waals surface area contributed by atoms with Gasteiger partial charge in [0.15, 0.2) is 5.76 Å². The van der Waals surface area contributed by atoms with E-state index in [2.05, 4.69) is 0 Å². The van der Waals surface area contributed by atoms with E-state index < -0.39 is 21.7 Å². The number of rotatable bonds is 5. The predicted molar refractivity (Wildman–Crippen MR) is 118 cm³/mol. The molecule has 0 atom stereocenters. The number of ether oxygens (including phenoxy) is 1. The van der Waals surface area contributed by atoms with Crippen molar-refractivity contribution in [3.8, 4) is 5.75 Å². The van der Waals surface area contributed by atoms with Crippen molar-refractivity contribution in [3.63, 3.8) is 0 Å². The van der Waals surface area contributed by atoms with E-state index in [-0.39, 0.29) is 21.6 Å². The minimum Gasteiger partial charge on any atom is -0.496 e. The molecular weight excluding hydrogens is 435 g/mol. The number of anilines is 1. The maximum absolute atomic E-state index is 14.5. The average Bonchev–Trinajstić information content (AvgIpc) is 3.16. The fraction of sp³-hybridized carbons (Fsp3) is 0.174. The van der Waals surface area contributed by atoms with E-state index in [1.54, 1.807) is 36.4 Å². The molecule has 0 radical (unpaired) electrons. The van der Waals surface area contributed by atoms with Gasteiger partial charge in [0.1, 0.15) is 17.1 Å². The van der Waals surface area contributed by atoms with Crippen molar-refractivity contribution in [1.29, 1.82) is 0 Å². The number of benzene rings is 3. The molecule has 0 bridgehead atoms. The Labute approximate surface area is 183 Å². The topological polar surface area (TPSA) is 88.8 Å². The number of methoxy groups -OCH3 is 1. The molecule has 0 spiro atoms. The molecule has 1 aliphatic rings. The minimum absolute atomic E-state index is 0.0791. The molecule has 0 saturated carbocycles. The summed E-state index contributed by atoms with van der Waals surface area (Å²) < 4.78 is 53.4. The Morgan fingerprint density at radius 2 is 1.81 bits per heavy atom. The van der Waals surface area contributed by atoms with Crippen LogP contribution in [0.5, 0.6) is 5.75 Å². The molecule has 0 aliphatic carbocycles. The van der Waals surface area contributed by atoms with Crippen molar-refractivity contribution < 1.29 is 26.8 Å². The standard InChI is InChI=1S/C23H19FN2O5S/c1-30-19-7-2-6-16-15(19)5-3-8-22(16)32(28,29)25-23(27)21-13-17-18(24)11-14(12-20(17)31-21)26-9-4-10-26/h2-3,5-8,11-13H,4,9-10H2,1H3,(H,25,27). The molecule has 1 amide bonds. The first-order valence-electron chi connectivity index (χ1n) is 9.98. The van der Waals surface area contributed by atoms with Crippen LogP contribution in [0.1, 0.15) is 17.0 Å². The number of nitrogens with one attached hydrogen (secondary N) is 1. The molecule has 1 N–H and O–H groups in total. The van der Waals surface area contributed by atoms with Gasteiger partial charge >= 0.3 is 5.91 Å². The highest BCUT2D eigenvalue weighted by Crippen LogP contribution is 2.32. The quantitative estimate of drug-likeness (QED) is 0.489. The molecule has 164 valence electrons. The number of amides is 1. The lowest BCUT2D eigenvalue weighted by Crippen LogP contribution is -2.36. The number of carbonyl (C=O) groups excluding carboxylic acids is 1. The van der Waals surface area contributed by atoms with Crippen molar-refractivity contribution >= 4 is 43.4 Å². The third kappa shape index (κ3) is 3.34. The van der Waals surface area contributed by atoms with Gasteiger partial charge in [-0.25, -0.2) is 17.5 Å². The summed E-state index contributed by atoms with van der Waals surface area (Å²) in [6.45, 7) is 1.65. The van der Waals surface area contributed by atoms with E-state index in [1.165, 1.54) is 25.3 Å². The molecule has 4 aromatic rings. The summed E-state index contributed by atoms with van der Waals surface area (Å²) in [4.78, 5) is 14.6. The Balaban J connectivity index is 1.49. The minimum atomic E-state index is -4.24. The number of furan rings is 1. The van der Waals surface area contributed by atoms with E-state index in [9.17, 15) is 17.6 Å². The zero-order valence-electron chi connectivity index (χ0n) is 17.1. The maximum atomic E-state index is 14.5. The number of sulfonamides is 1. The highest BCUT2D eigenvalue weighted by molar-refractivity contribution is 7.90.